The smallest absolute Gasteiger partial charge is 0.250 e. The van der Waals surface area contributed by atoms with Crippen LogP contribution in [0.15, 0.2) is 24.3 Å². The zero-order chi connectivity index (χ0) is 14.7. The first-order valence-electron chi connectivity index (χ1n) is 7.71. The van der Waals surface area contributed by atoms with Crippen LogP contribution in [0.1, 0.15) is 13.3 Å². The number of piperazine rings is 1. The average Bonchev–Trinajstić information content (AvgIpc) is 2.83. The van der Waals surface area contributed by atoms with Gasteiger partial charge in [0, 0.05) is 52.6 Å². The number of rotatable bonds is 5. The fourth-order valence-corrected chi connectivity index (χ4v) is 2.95. The van der Waals surface area contributed by atoms with Crippen molar-refractivity contribution in [2.75, 3.05) is 45.9 Å². The molecule has 23 heavy (non-hydrogen) atoms. The highest BCUT2D eigenvalue weighted by Gasteiger charge is 2.36. The summed E-state index contributed by atoms with van der Waals surface area (Å²) in [6.07, 6.45) is 0.849. The molecule has 1 aromatic rings. The van der Waals surface area contributed by atoms with Gasteiger partial charge in [0.2, 0.25) is 5.79 Å². The molecular formula is C16H26Cl2N2O3. The number of fused-ring (bicyclic) bond motifs is 1. The molecule has 0 unspecified atom stereocenters. The van der Waals surface area contributed by atoms with Gasteiger partial charge in [0.1, 0.15) is 0 Å². The number of nitrogens with zero attached hydrogens (tertiary/aromatic N) is 2. The van der Waals surface area contributed by atoms with Gasteiger partial charge < -0.3 is 19.5 Å². The lowest BCUT2D eigenvalue weighted by Crippen LogP contribution is -2.49. The first-order chi connectivity index (χ1) is 10.2. The molecule has 0 aliphatic carbocycles. The van der Waals surface area contributed by atoms with Gasteiger partial charge >= 0.3 is 0 Å². The van der Waals surface area contributed by atoms with Gasteiger partial charge in [0.15, 0.2) is 11.5 Å². The van der Waals surface area contributed by atoms with Crippen LogP contribution < -0.4 is 9.47 Å². The topological polar surface area (TPSA) is 45.2 Å². The lowest BCUT2D eigenvalue weighted by Gasteiger charge is -2.35. The van der Waals surface area contributed by atoms with Crippen molar-refractivity contribution in [2.24, 2.45) is 0 Å². The maximum Gasteiger partial charge on any atom is 0.250 e. The zero-order valence-corrected chi connectivity index (χ0v) is 15.1. The highest BCUT2D eigenvalue weighted by atomic mass is 35.5. The predicted octanol–water partition coefficient (Wildman–Crippen LogP) is 2.02. The summed E-state index contributed by atoms with van der Waals surface area (Å²) in [6, 6.07) is 7.84. The minimum Gasteiger partial charge on any atom is -0.449 e. The van der Waals surface area contributed by atoms with Crippen LogP contribution in [0, 0.1) is 0 Å². The van der Waals surface area contributed by atoms with Crippen molar-refractivity contribution in [3.63, 3.8) is 0 Å². The molecule has 0 radical (unpaired) electrons. The van der Waals surface area contributed by atoms with Crippen LogP contribution >= 0.6 is 24.8 Å². The number of halogens is 2. The van der Waals surface area contributed by atoms with E-state index in [-0.39, 0.29) is 31.4 Å². The van der Waals surface area contributed by atoms with Crippen molar-refractivity contribution >= 4 is 24.8 Å². The van der Waals surface area contributed by atoms with Crippen LogP contribution in [-0.2, 0) is 0 Å². The first-order valence-corrected chi connectivity index (χ1v) is 7.71. The minimum atomic E-state index is -0.550. The highest BCUT2D eigenvalue weighted by Crippen LogP contribution is 2.40. The Morgan fingerprint density at radius 2 is 1.43 bits per heavy atom. The Morgan fingerprint density at radius 1 is 0.957 bits per heavy atom. The quantitative estimate of drug-likeness (QED) is 0.865. The molecule has 0 bridgehead atoms. The summed E-state index contributed by atoms with van der Waals surface area (Å²) in [5.74, 6) is 1.13. The van der Waals surface area contributed by atoms with Gasteiger partial charge in [-0.2, -0.15) is 0 Å². The normalized spacial score (nSPS) is 19.7. The minimum absolute atomic E-state index is 0. The molecule has 132 valence electrons. The highest BCUT2D eigenvalue weighted by molar-refractivity contribution is 5.85. The van der Waals surface area contributed by atoms with E-state index in [4.69, 9.17) is 14.6 Å². The maximum atomic E-state index is 8.96. The summed E-state index contributed by atoms with van der Waals surface area (Å²) >= 11 is 0. The zero-order valence-electron chi connectivity index (χ0n) is 13.4. The van der Waals surface area contributed by atoms with E-state index in [1.807, 2.05) is 31.2 Å². The molecule has 1 fully saturated rings. The molecule has 3 rings (SSSR count). The van der Waals surface area contributed by atoms with Gasteiger partial charge in [-0.1, -0.05) is 12.1 Å². The van der Waals surface area contributed by atoms with E-state index in [9.17, 15) is 0 Å². The summed E-state index contributed by atoms with van der Waals surface area (Å²) < 4.78 is 11.9. The molecule has 1 saturated heterocycles. The SMILES string of the molecule is CC1(CCN2CCN(CCO)CC2)Oc2ccccc2O1.Cl.Cl. The molecule has 0 spiro atoms. The number of hydrogen-bond acceptors (Lipinski definition) is 5. The molecule has 2 aliphatic rings. The number of hydrogen-bond donors (Lipinski definition) is 1. The van der Waals surface area contributed by atoms with E-state index >= 15 is 0 Å². The van der Waals surface area contributed by atoms with Crippen molar-refractivity contribution in [2.45, 2.75) is 19.1 Å². The van der Waals surface area contributed by atoms with Crippen molar-refractivity contribution in [3.8, 4) is 11.5 Å². The summed E-state index contributed by atoms with van der Waals surface area (Å²) in [5.41, 5.74) is 0. The second-order valence-electron chi connectivity index (χ2n) is 5.94. The number of para-hydroxylation sites is 2. The molecule has 0 saturated carbocycles. The van der Waals surface area contributed by atoms with Crippen LogP contribution in [0.2, 0.25) is 0 Å². The number of benzene rings is 1. The van der Waals surface area contributed by atoms with Gasteiger partial charge in [-0.15, -0.1) is 24.8 Å². The Labute approximate surface area is 150 Å². The van der Waals surface area contributed by atoms with Crippen molar-refractivity contribution < 1.29 is 14.6 Å². The molecule has 0 atom stereocenters. The van der Waals surface area contributed by atoms with Crippen LogP contribution in [-0.4, -0.2) is 66.6 Å². The average molecular weight is 365 g/mol. The lowest BCUT2D eigenvalue weighted by atomic mass is 10.2. The molecular weight excluding hydrogens is 339 g/mol. The van der Waals surface area contributed by atoms with Crippen molar-refractivity contribution in [1.82, 2.24) is 9.80 Å². The standard InChI is InChI=1S/C16H24N2O3.2ClH/c1-16(20-14-4-2-3-5-15(14)21-16)6-7-17-8-10-18(11-9-17)12-13-19;;/h2-5,19H,6-13H2,1H3;2*1H. The summed E-state index contributed by atoms with van der Waals surface area (Å²) in [4.78, 5) is 4.74. The van der Waals surface area contributed by atoms with Crippen molar-refractivity contribution in [3.05, 3.63) is 24.3 Å². The number of β-amino-alcohol motifs (C(OH)–C–C–N with tert-alkyl or cyclic N) is 1. The third kappa shape index (κ3) is 5.13. The van der Waals surface area contributed by atoms with E-state index in [1.165, 1.54) is 0 Å². The van der Waals surface area contributed by atoms with E-state index in [0.29, 0.717) is 0 Å². The number of ether oxygens (including phenoxy) is 2. The molecule has 2 heterocycles. The molecule has 1 N–H and O–H groups in total. The molecule has 7 heteroatoms. The van der Waals surface area contributed by atoms with E-state index < -0.39 is 5.79 Å². The number of aliphatic hydroxyl groups is 1. The fraction of sp³-hybridized carbons (Fsp3) is 0.625. The monoisotopic (exact) mass is 364 g/mol. The van der Waals surface area contributed by atoms with Gasteiger partial charge in [0.05, 0.1) is 6.61 Å². The van der Waals surface area contributed by atoms with Crippen LogP contribution in [0.25, 0.3) is 0 Å². The summed E-state index contributed by atoms with van der Waals surface area (Å²) in [6.45, 7) is 8.15. The van der Waals surface area contributed by atoms with Crippen LogP contribution in [0.3, 0.4) is 0 Å². The van der Waals surface area contributed by atoms with Gasteiger partial charge in [-0.05, 0) is 12.1 Å². The fourth-order valence-electron chi connectivity index (χ4n) is 2.95. The molecule has 1 aromatic carbocycles. The largest absolute Gasteiger partial charge is 0.449 e. The van der Waals surface area contributed by atoms with Gasteiger partial charge in [-0.3, -0.25) is 4.90 Å². The Hall–Kier alpha value is -0.720. The molecule has 2 aliphatic heterocycles. The maximum absolute atomic E-state index is 8.96. The summed E-state index contributed by atoms with van der Waals surface area (Å²) in [5, 5.41) is 8.96. The van der Waals surface area contributed by atoms with Crippen molar-refractivity contribution in [1.29, 1.82) is 0 Å². The molecule has 0 aromatic heterocycles. The molecule has 5 nitrogen and oxygen atoms in total. The predicted molar refractivity (Wildman–Crippen MR) is 95.2 cm³/mol. The third-order valence-electron chi connectivity index (χ3n) is 4.26. The van der Waals surface area contributed by atoms with Crippen LogP contribution in [0.4, 0.5) is 0 Å². The second-order valence-corrected chi connectivity index (χ2v) is 5.94. The number of aliphatic hydroxyl groups excluding tert-OH is 1. The Morgan fingerprint density at radius 3 is 1.91 bits per heavy atom. The second kappa shape index (κ2) is 8.94. The van der Waals surface area contributed by atoms with E-state index in [2.05, 4.69) is 9.80 Å². The molecule has 0 amide bonds. The third-order valence-corrected chi connectivity index (χ3v) is 4.26. The lowest BCUT2D eigenvalue weighted by molar-refractivity contribution is -0.0748. The Kier molecular flexibility index (Phi) is 7.90. The van der Waals surface area contributed by atoms with Gasteiger partial charge in [-0.25, -0.2) is 0 Å². The van der Waals surface area contributed by atoms with Crippen LogP contribution in [0.5, 0.6) is 11.5 Å². The summed E-state index contributed by atoms with van der Waals surface area (Å²) in [7, 11) is 0. The Balaban J connectivity index is 0.00000132. The van der Waals surface area contributed by atoms with Gasteiger partial charge in [0.25, 0.3) is 0 Å². The first kappa shape index (κ1) is 20.3. The van der Waals surface area contributed by atoms with E-state index in [1.54, 1.807) is 0 Å². The Bertz CT molecular complexity index is 457. The van der Waals surface area contributed by atoms with E-state index in [0.717, 1.165) is 57.2 Å².